The van der Waals surface area contributed by atoms with Crippen LogP contribution in [0.25, 0.3) is 0 Å². The quantitative estimate of drug-likeness (QED) is 0.373. The van der Waals surface area contributed by atoms with E-state index in [2.05, 4.69) is 12.1 Å². The average molecular weight is 269 g/mol. The second kappa shape index (κ2) is 8.93. The first-order valence-electron chi connectivity index (χ1n) is 5.23. The minimum Gasteiger partial charge on any atom is -0.478 e. The summed E-state index contributed by atoms with van der Waals surface area (Å²) in [5, 5.41) is 0. The number of nitrogens with one attached hydrogen (secondary N) is 1. The van der Waals surface area contributed by atoms with Gasteiger partial charge in [-0.1, -0.05) is 6.92 Å². The van der Waals surface area contributed by atoms with E-state index >= 15 is 0 Å². The Kier molecular flexibility index (Phi) is 8.84. The van der Waals surface area contributed by atoms with Crippen LogP contribution in [-0.2, 0) is 18.5 Å². The van der Waals surface area contributed by atoms with Gasteiger partial charge in [0.2, 0.25) is 5.88 Å². The molecule has 1 atom stereocenters. The predicted molar refractivity (Wildman–Crippen MR) is 67.0 cm³/mol. The van der Waals surface area contributed by atoms with Crippen LogP contribution in [0.5, 0.6) is 0 Å². The number of hydroxylamine groups is 1. The first-order chi connectivity index (χ1) is 7.58. The van der Waals surface area contributed by atoms with Crippen LogP contribution >= 0.6 is 18.2 Å². The van der Waals surface area contributed by atoms with E-state index in [0.717, 1.165) is 17.8 Å². The van der Waals surface area contributed by atoms with Crippen LogP contribution in [0.15, 0.2) is 12.5 Å². The molecule has 0 radical (unpaired) electrons. The minimum absolute atomic E-state index is 0.222. The monoisotopic (exact) mass is 269 g/mol. The van der Waals surface area contributed by atoms with E-state index in [1.807, 2.05) is 13.8 Å². The maximum Gasteiger partial charge on any atom is 0.410 e. The molecule has 7 heteroatoms. The molecule has 1 unspecified atom stereocenters. The number of ether oxygens (including phenoxy) is 1. The van der Waals surface area contributed by atoms with E-state index in [1.54, 1.807) is 6.92 Å². The second-order valence-corrected chi connectivity index (χ2v) is 6.87. The van der Waals surface area contributed by atoms with Crippen LogP contribution in [0.3, 0.4) is 0 Å². The third kappa shape index (κ3) is 7.17. The molecule has 0 amide bonds. The summed E-state index contributed by atoms with van der Waals surface area (Å²) < 4.78 is 27.1. The average Bonchev–Trinajstić information content (AvgIpc) is 2.25. The highest BCUT2D eigenvalue weighted by atomic mass is 32.7. The van der Waals surface area contributed by atoms with E-state index in [-0.39, 0.29) is 5.88 Å². The molecule has 1 N–H and O–H groups in total. The standard InChI is InChI=1S/C9H20NO4PS/c1-5-8-16-15(11,13-7-3)14-10-9(4)12-6-2/h10H,4-8H2,1-3H3. The van der Waals surface area contributed by atoms with Crippen LogP contribution in [-0.4, -0.2) is 19.0 Å². The Morgan fingerprint density at radius 2 is 2.06 bits per heavy atom. The fourth-order valence-corrected chi connectivity index (χ4v) is 3.91. The van der Waals surface area contributed by atoms with Crippen molar-refractivity contribution in [1.82, 2.24) is 5.48 Å². The molecule has 0 heterocycles. The lowest BCUT2D eigenvalue weighted by Gasteiger charge is -2.17. The second-order valence-electron chi connectivity index (χ2n) is 2.75. The summed E-state index contributed by atoms with van der Waals surface area (Å²) in [6.45, 7) is 6.77. The van der Waals surface area contributed by atoms with E-state index in [0.29, 0.717) is 19.0 Å². The lowest BCUT2D eigenvalue weighted by Crippen LogP contribution is -2.14. The summed E-state index contributed by atoms with van der Waals surface area (Å²) in [7, 11) is 0. The zero-order chi connectivity index (χ0) is 12.4. The van der Waals surface area contributed by atoms with Crippen molar-refractivity contribution >= 4 is 18.2 Å². The fourth-order valence-electron chi connectivity index (χ4n) is 0.762. The molecule has 5 nitrogen and oxygen atoms in total. The zero-order valence-corrected chi connectivity index (χ0v) is 11.7. The smallest absolute Gasteiger partial charge is 0.410 e. The van der Waals surface area contributed by atoms with E-state index in [4.69, 9.17) is 13.9 Å². The first kappa shape index (κ1) is 15.8. The molecule has 0 aliphatic rings. The van der Waals surface area contributed by atoms with Gasteiger partial charge in [-0.15, -0.1) is 0 Å². The first-order valence-corrected chi connectivity index (χ1v) is 8.36. The van der Waals surface area contributed by atoms with Crippen molar-refractivity contribution in [3.63, 3.8) is 0 Å². The van der Waals surface area contributed by atoms with Gasteiger partial charge in [0.1, 0.15) is 0 Å². The van der Waals surface area contributed by atoms with Crippen LogP contribution in [0.4, 0.5) is 0 Å². The van der Waals surface area contributed by atoms with Crippen LogP contribution < -0.4 is 5.48 Å². The molecule has 0 aromatic carbocycles. The molecule has 0 saturated carbocycles. The van der Waals surface area contributed by atoms with Gasteiger partial charge in [0.25, 0.3) is 0 Å². The molecule has 0 fully saturated rings. The summed E-state index contributed by atoms with van der Waals surface area (Å²) in [6.07, 6.45) is 0.900. The van der Waals surface area contributed by atoms with Crippen LogP contribution in [0.2, 0.25) is 0 Å². The van der Waals surface area contributed by atoms with Crippen molar-refractivity contribution in [2.24, 2.45) is 0 Å². The lowest BCUT2D eigenvalue weighted by molar-refractivity contribution is 0.100. The van der Waals surface area contributed by atoms with E-state index in [1.165, 1.54) is 0 Å². The molecule has 0 aliphatic heterocycles. The molecule has 0 saturated heterocycles. The Morgan fingerprint density at radius 1 is 1.38 bits per heavy atom. The van der Waals surface area contributed by atoms with Crippen molar-refractivity contribution in [2.75, 3.05) is 19.0 Å². The molecular weight excluding hydrogens is 249 g/mol. The fraction of sp³-hybridized carbons (Fsp3) is 0.778. The Bertz CT molecular complexity index is 250. The Hall–Kier alpha value is -0.160. The SMILES string of the molecule is C=C(NOP(=O)(OCC)SCCC)OCC. The van der Waals surface area contributed by atoms with Crippen LogP contribution in [0, 0.1) is 0 Å². The van der Waals surface area contributed by atoms with Gasteiger partial charge in [-0.25, -0.2) is 10.0 Å². The van der Waals surface area contributed by atoms with Crippen molar-refractivity contribution in [2.45, 2.75) is 27.2 Å². The molecule has 0 bridgehead atoms. The molecule has 96 valence electrons. The Morgan fingerprint density at radius 3 is 2.56 bits per heavy atom. The van der Waals surface area contributed by atoms with Gasteiger partial charge in [-0.05, 0) is 38.2 Å². The van der Waals surface area contributed by atoms with Crippen molar-refractivity contribution in [3.8, 4) is 0 Å². The van der Waals surface area contributed by atoms with Gasteiger partial charge in [0, 0.05) is 5.75 Å². The largest absolute Gasteiger partial charge is 0.478 e. The van der Waals surface area contributed by atoms with Crippen molar-refractivity contribution in [1.29, 1.82) is 0 Å². The maximum absolute atomic E-state index is 12.0. The summed E-state index contributed by atoms with van der Waals surface area (Å²) in [4.78, 5) is 0. The normalized spacial score (nSPS) is 14.2. The molecule has 16 heavy (non-hydrogen) atoms. The van der Waals surface area contributed by atoms with Gasteiger partial charge < -0.3 is 4.74 Å². The number of hydrogen-bond donors (Lipinski definition) is 1. The van der Waals surface area contributed by atoms with Gasteiger partial charge in [-0.3, -0.25) is 4.52 Å². The summed E-state index contributed by atoms with van der Waals surface area (Å²) in [5.41, 5.74) is 2.39. The van der Waals surface area contributed by atoms with Gasteiger partial charge in [-0.2, -0.15) is 4.62 Å². The number of hydrogen-bond acceptors (Lipinski definition) is 6. The Labute approximate surface area is 101 Å². The topological polar surface area (TPSA) is 56.8 Å². The summed E-state index contributed by atoms with van der Waals surface area (Å²) in [6, 6.07) is 0. The highest BCUT2D eigenvalue weighted by molar-refractivity contribution is 8.55. The molecule has 0 spiro atoms. The van der Waals surface area contributed by atoms with Gasteiger partial charge in [0.05, 0.1) is 13.2 Å². The third-order valence-corrected chi connectivity index (χ3v) is 5.16. The van der Waals surface area contributed by atoms with Gasteiger partial charge >= 0.3 is 6.80 Å². The number of rotatable bonds is 10. The van der Waals surface area contributed by atoms with E-state index < -0.39 is 6.80 Å². The summed E-state index contributed by atoms with van der Waals surface area (Å²) in [5.74, 6) is 0.930. The molecule has 0 rings (SSSR count). The molecule has 0 aliphatic carbocycles. The van der Waals surface area contributed by atoms with Gasteiger partial charge in [0.15, 0.2) is 0 Å². The zero-order valence-electron chi connectivity index (χ0n) is 10.0. The minimum atomic E-state index is -3.15. The predicted octanol–water partition coefficient (Wildman–Crippen LogP) is 3.30. The molecule has 0 aromatic heterocycles. The van der Waals surface area contributed by atoms with Crippen molar-refractivity contribution in [3.05, 3.63) is 12.5 Å². The van der Waals surface area contributed by atoms with E-state index in [9.17, 15) is 4.57 Å². The van der Waals surface area contributed by atoms with Crippen molar-refractivity contribution < 1.29 is 18.5 Å². The lowest BCUT2D eigenvalue weighted by atomic mass is 10.6. The van der Waals surface area contributed by atoms with Crippen LogP contribution in [0.1, 0.15) is 27.2 Å². The molecular formula is C9H20NO4PS. The molecule has 0 aromatic rings. The highest BCUT2D eigenvalue weighted by Gasteiger charge is 2.25. The maximum atomic E-state index is 12.0. The summed E-state index contributed by atoms with van der Waals surface area (Å²) >= 11 is 1.16. The highest BCUT2D eigenvalue weighted by Crippen LogP contribution is 2.60. The third-order valence-electron chi connectivity index (χ3n) is 1.33. The Balaban J connectivity index is 4.10.